The zero-order valence-corrected chi connectivity index (χ0v) is 20.8. The van der Waals surface area contributed by atoms with E-state index in [4.69, 9.17) is 4.98 Å². The van der Waals surface area contributed by atoms with Gasteiger partial charge in [0.15, 0.2) is 5.82 Å². The van der Waals surface area contributed by atoms with E-state index in [-0.39, 0.29) is 18.3 Å². The first-order valence-electron chi connectivity index (χ1n) is 11.7. The van der Waals surface area contributed by atoms with E-state index in [1.807, 2.05) is 19.1 Å². The molecule has 0 saturated carbocycles. The van der Waals surface area contributed by atoms with Crippen molar-refractivity contribution in [1.82, 2.24) is 14.9 Å². The first-order chi connectivity index (χ1) is 16.1. The van der Waals surface area contributed by atoms with Crippen LogP contribution in [0.2, 0.25) is 0 Å². The Morgan fingerprint density at radius 3 is 2.47 bits per heavy atom. The normalized spacial score (nSPS) is 12.9. The Morgan fingerprint density at radius 1 is 1.03 bits per heavy atom. The molecule has 0 fully saturated rings. The third kappa shape index (κ3) is 4.28. The molecule has 0 saturated heterocycles. The molecule has 0 unspecified atom stereocenters. The van der Waals surface area contributed by atoms with Gasteiger partial charge in [0.2, 0.25) is 0 Å². The standard InChI is InChI=1S/C28H30N4O.ClH/c1-4-29-28(33)25-16-24-19(2)20(3)32(17-21-10-6-5-7-11-21)26(24)27(30-25)31-15-14-22-12-8-9-13-23(22)18-31;/h5-13,16H,4,14-15,17-18H2,1-3H3,(H,29,33);1H. The van der Waals surface area contributed by atoms with Crippen LogP contribution in [0.1, 0.15) is 45.4 Å². The number of pyridine rings is 1. The first kappa shape index (κ1) is 23.8. The minimum absolute atomic E-state index is 0. The molecule has 176 valence electrons. The van der Waals surface area contributed by atoms with Crippen LogP contribution in [0, 0.1) is 13.8 Å². The molecule has 5 nitrogen and oxygen atoms in total. The van der Waals surface area contributed by atoms with Gasteiger partial charge in [-0.15, -0.1) is 12.4 Å². The van der Waals surface area contributed by atoms with E-state index in [0.29, 0.717) is 12.2 Å². The van der Waals surface area contributed by atoms with Gasteiger partial charge in [0.1, 0.15) is 5.69 Å². The van der Waals surface area contributed by atoms with E-state index in [1.165, 1.54) is 27.9 Å². The van der Waals surface area contributed by atoms with Gasteiger partial charge < -0.3 is 14.8 Å². The summed E-state index contributed by atoms with van der Waals surface area (Å²) < 4.78 is 2.37. The largest absolute Gasteiger partial charge is 0.351 e. The highest BCUT2D eigenvalue weighted by Gasteiger charge is 2.25. The molecule has 0 aliphatic carbocycles. The van der Waals surface area contributed by atoms with Crippen molar-refractivity contribution in [3.05, 3.63) is 94.3 Å². The molecular weight excluding hydrogens is 444 g/mol. The minimum atomic E-state index is -0.120. The zero-order chi connectivity index (χ0) is 22.9. The lowest BCUT2D eigenvalue weighted by Gasteiger charge is -2.31. The molecule has 1 aliphatic rings. The SMILES string of the molecule is CCNC(=O)c1cc2c(C)c(C)n(Cc3ccccc3)c2c(N2CCc3ccccc3C2)n1.Cl. The number of rotatable bonds is 5. The zero-order valence-electron chi connectivity index (χ0n) is 20.0. The lowest BCUT2D eigenvalue weighted by Crippen LogP contribution is -2.32. The van der Waals surface area contributed by atoms with Crippen molar-refractivity contribution in [3.8, 4) is 0 Å². The van der Waals surface area contributed by atoms with E-state index in [2.05, 4.69) is 77.2 Å². The number of nitrogens with one attached hydrogen (secondary N) is 1. The number of nitrogens with zero attached hydrogens (tertiary/aromatic N) is 3. The summed E-state index contributed by atoms with van der Waals surface area (Å²) in [6, 6.07) is 21.1. The second-order valence-corrected chi connectivity index (χ2v) is 8.81. The molecule has 0 bridgehead atoms. The topological polar surface area (TPSA) is 50.2 Å². The van der Waals surface area contributed by atoms with E-state index in [0.717, 1.165) is 42.8 Å². The van der Waals surface area contributed by atoms with Gasteiger partial charge in [-0.3, -0.25) is 4.79 Å². The fourth-order valence-electron chi connectivity index (χ4n) is 4.87. The maximum Gasteiger partial charge on any atom is 0.269 e. The monoisotopic (exact) mass is 474 g/mol. The van der Waals surface area contributed by atoms with E-state index in [9.17, 15) is 4.79 Å². The maximum absolute atomic E-state index is 12.8. The van der Waals surface area contributed by atoms with Gasteiger partial charge >= 0.3 is 0 Å². The molecule has 3 heterocycles. The van der Waals surface area contributed by atoms with Crippen molar-refractivity contribution in [2.75, 3.05) is 18.0 Å². The van der Waals surface area contributed by atoms with Crippen LogP contribution < -0.4 is 10.2 Å². The average molecular weight is 475 g/mol. The van der Waals surface area contributed by atoms with Crippen molar-refractivity contribution in [1.29, 1.82) is 0 Å². The number of aryl methyl sites for hydroxylation is 1. The summed E-state index contributed by atoms with van der Waals surface area (Å²) in [5.41, 5.74) is 7.99. The number of carbonyl (C=O) groups is 1. The van der Waals surface area contributed by atoms with Crippen LogP contribution >= 0.6 is 12.4 Å². The van der Waals surface area contributed by atoms with E-state index >= 15 is 0 Å². The second-order valence-electron chi connectivity index (χ2n) is 8.81. The Labute approximate surface area is 207 Å². The highest BCUT2D eigenvalue weighted by Crippen LogP contribution is 2.35. The highest BCUT2D eigenvalue weighted by atomic mass is 35.5. The highest BCUT2D eigenvalue weighted by molar-refractivity contribution is 6.01. The van der Waals surface area contributed by atoms with Crippen molar-refractivity contribution >= 4 is 35.0 Å². The van der Waals surface area contributed by atoms with Gasteiger partial charge in [0, 0.05) is 37.3 Å². The lowest BCUT2D eigenvalue weighted by atomic mass is 10.00. The summed E-state index contributed by atoms with van der Waals surface area (Å²) in [4.78, 5) is 20.1. The molecule has 0 spiro atoms. The maximum atomic E-state index is 12.8. The Morgan fingerprint density at radius 2 is 1.74 bits per heavy atom. The number of halogens is 1. The van der Waals surface area contributed by atoms with Crippen molar-refractivity contribution < 1.29 is 4.79 Å². The Bertz CT molecular complexity index is 1330. The molecule has 5 rings (SSSR count). The molecular formula is C28H31ClN4O. The number of aromatic nitrogens is 2. The fourth-order valence-corrected chi connectivity index (χ4v) is 4.87. The van der Waals surface area contributed by atoms with Gasteiger partial charge in [-0.05, 0) is 55.5 Å². The second kappa shape index (κ2) is 9.90. The number of amides is 1. The fraction of sp³-hybridized carbons (Fsp3) is 0.286. The number of fused-ring (bicyclic) bond motifs is 2. The van der Waals surface area contributed by atoms with Crippen LogP contribution in [0.25, 0.3) is 10.9 Å². The molecule has 1 N–H and O–H groups in total. The van der Waals surface area contributed by atoms with Crippen LogP contribution in [-0.2, 0) is 19.5 Å². The number of anilines is 1. The predicted octanol–water partition coefficient (Wildman–Crippen LogP) is 5.44. The number of hydrogen-bond donors (Lipinski definition) is 1. The summed E-state index contributed by atoms with van der Waals surface area (Å²) >= 11 is 0. The first-order valence-corrected chi connectivity index (χ1v) is 11.7. The number of hydrogen-bond acceptors (Lipinski definition) is 3. The van der Waals surface area contributed by atoms with Crippen molar-refractivity contribution in [2.24, 2.45) is 0 Å². The molecule has 2 aromatic heterocycles. The van der Waals surface area contributed by atoms with E-state index in [1.54, 1.807) is 0 Å². The van der Waals surface area contributed by atoms with Gasteiger partial charge in [-0.25, -0.2) is 4.98 Å². The molecule has 6 heteroatoms. The smallest absolute Gasteiger partial charge is 0.269 e. The average Bonchev–Trinajstić information content (AvgIpc) is 3.09. The molecule has 34 heavy (non-hydrogen) atoms. The van der Waals surface area contributed by atoms with Crippen LogP contribution in [-0.4, -0.2) is 28.5 Å². The quantitative estimate of drug-likeness (QED) is 0.419. The molecule has 2 aromatic carbocycles. The number of benzene rings is 2. The van der Waals surface area contributed by atoms with Crippen LogP contribution in [0.5, 0.6) is 0 Å². The Kier molecular flexibility index (Phi) is 6.94. The summed E-state index contributed by atoms with van der Waals surface area (Å²) in [5.74, 6) is 0.779. The van der Waals surface area contributed by atoms with Gasteiger partial charge in [0.25, 0.3) is 5.91 Å². The Balaban J connectivity index is 0.00000274. The summed E-state index contributed by atoms with van der Waals surface area (Å²) in [7, 11) is 0. The summed E-state index contributed by atoms with van der Waals surface area (Å²) in [6.45, 7) is 9.28. The number of carbonyl (C=O) groups excluding carboxylic acids is 1. The van der Waals surface area contributed by atoms with Gasteiger partial charge in [-0.2, -0.15) is 0 Å². The van der Waals surface area contributed by atoms with E-state index < -0.39 is 0 Å². The molecule has 0 radical (unpaired) electrons. The van der Waals surface area contributed by atoms with Crippen molar-refractivity contribution in [3.63, 3.8) is 0 Å². The van der Waals surface area contributed by atoms with Crippen LogP contribution in [0.15, 0.2) is 60.7 Å². The van der Waals surface area contributed by atoms with Gasteiger partial charge in [0.05, 0.1) is 5.52 Å². The van der Waals surface area contributed by atoms with Crippen LogP contribution in [0.4, 0.5) is 5.82 Å². The van der Waals surface area contributed by atoms with Crippen molar-refractivity contribution in [2.45, 2.75) is 40.3 Å². The lowest BCUT2D eigenvalue weighted by molar-refractivity contribution is 0.0951. The molecule has 1 amide bonds. The third-order valence-corrected chi connectivity index (χ3v) is 6.78. The Hall–Kier alpha value is -3.31. The molecule has 0 atom stereocenters. The summed E-state index contributed by atoms with van der Waals surface area (Å²) in [5, 5.41) is 4.03. The minimum Gasteiger partial charge on any atom is -0.351 e. The van der Waals surface area contributed by atoms with Gasteiger partial charge in [-0.1, -0.05) is 54.6 Å². The molecule has 1 aliphatic heterocycles. The summed E-state index contributed by atoms with van der Waals surface area (Å²) in [6.07, 6.45) is 0.974. The predicted molar refractivity (Wildman–Crippen MR) is 141 cm³/mol. The third-order valence-electron chi connectivity index (χ3n) is 6.78. The van der Waals surface area contributed by atoms with Crippen LogP contribution in [0.3, 0.4) is 0 Å². The molecule has 4 aromatic rings.